The van der Waals surface area contributed by atoms with Gasteiger partial charge in [0.05, 0.1) is 11.8 Å². The third kappa shape index (κ3) is 4.05. The molecule has 0 unspecified atom stereocenters. The van der Waals surface area contributed by atoms with Gasteiger partial charge in [-0.15, -0.1) is 0 Å². The topological polar surface area (TPSA) is 63.6 Å². The number of carboxylic acids is 1. The SMILES string of the molecule is C=C1C[C@H](C(=O)OC/C=C/c2ccccc2)[C@H](C(=O)O)C1. The zero-order valence-corrected chi connectivity index (χ0v) is 11.7. The van der Waals surface area contributed by atoms with Crippen molar-refractivity contribution in [2.24, 2.45) is 11.8 Å². The van der Waals surface area contributed by atoms with Crippen LogP contribution in [0.3, 0.4) is 0 Å². The fraction of sp³-hybridized carbons (Fsp3) is 0.294. The van der Waals surface area contributed by atoms with Gasteiger partial charge in [-0.3, -0.25) is 9.59 Å². The molecule has 0 spiro atoms. The molecule has 0 aliphatic heterocycles. The molecular weight excluding hydrogens is 268 g/mol. The van der Waals surface area contributed by atoms with E-state index in [4.69, 9.17) is 9.84 Å². The van der Waals surface area contributed by atoms with E-state index in [-0.39, 0.29) is 6.61 Å². The summed E-state index contributed by atoms with van der Waals surface area (Å²) >= 11 is 0. The summed E-state index contributed by atoms with van der Waals surface area (Å²) in [6.07, 6.45) is 4.36. The summed E-state index contributed by atoms with van der Waals surface area (Å²) in [5, 5.41) is 9.11. The highest BCUT2D eigenvalue weighted by atomic mass is 16.5. The number of hydrogen-bond acceptors (Lipinski definition) is 3. The lowest BCUT2D eigenvalue weighted by Gasteiger charge is -2.13. The van der Waals surface area contributed by atoms with Crippen LogP contribution in [-0.2, 0) is 14.3 Å². The van der Waals surface area contributed by atoms with Gasteiger partial charge in [-0.05, 0) is 24.5 Å². The number of hydrogen-bond donors (Lipinski definition) is 1. The smallest absolute Gasteiger partial charge is 0.310 e. The fourth-order valence-electron chi connectivity index (χ4n) is 2.48. The first kappa shape index (κ1) is 15.0. The van der Waals surface area contributed by atoms with Crippen LogP contribution in [0.2, 0.25) is 0 Å². The first-order valence-corrected chi connectivity index (χ1v) is 6.85. The summed E-state index contributed by atoms with van der Waals surface area (Å²) in [6, 6.07) is 9.66. The zero-order chi connectivity index (χ0) is 15.2. The number of esters is 1. The van der Waals surface area contributed by atoms with E-state index in [9.17, 15) is 9.59 Å². The number of ether oxygens (including phenoxy) is 1. The molecule has 4 nitrogen and oxygen atoms in total. The van der Waals surface area contributed by atoms with Gasteiger partial charge in [-0.1, -0.05) is 48.6 Å². The van der Waals surface area contributed by atoms with Gasteiger partial charge in [-0.2, -0.15) is 0 Å². The van der Waals surface area contributed by atoms with Crippen molar-refractivity contribution in [1.29, 1.82) is 0 Å². The summed E-state index contributed by atoms with van der Waals surface area (Å²) in [7, 11) is 0. The number of allylic oxidation sites excluding steroid dienone is 1. The molecule has 1 aromatic carbocycles. The quantitative estimate of drug-likeness (QED) is 0.667. The van der Waals surface area contributed by atoms with Crippen molar-refractivity contribution in [1.82, 2.24) is 0 Å². The molecule has 1 N–H and O–H groups in total. The minimum Gasteiger partial charge on any atom is -0.481 e. The summed E-state index contributed by atoms with van der Waals surface area (Å²) in [5.41, 5.74) is 1.82. The lowest BCUT2D eigenvalue weighted by Crippen LogP contribution is -2.26. The van der Waals surface area contributed by atoms with E-state index in [1.54, 1.807) is 6.08 Å². The zero-order valence-electron chi connectivity index (χ0n) is 11.7. The van der Waals surface area contributed by atoms with E-state index in [1.165, 1.54) is 0 Å². The molecule has 110 valence electrons. The van der Waals surface area contributed by atoms with Gasteiger partial charge >= 0.3 is 11.9 Å². The lowest BCUT2D eigenvalue weighted by molar-refractivity contribution is -0.155. The average Bonchev–Trinajstić information content (AvgIpc) is 2.87. The molecule has 1 aliphatic rings. The van der Waals surface area contributed by atoms with Crippen molar-refractivity contribution in [2.45, 2.75) is 12.8 Å². The Labute approximate surface area is 123 Å². The van der Waals surface area contributed by atoms with Crippen molar-refractivity contribution in [3.8, 4) is 0 Å². The number of carbonyl (C=O) groups excluding carboxylic acids is 1. The van der Waals surface area contributed by atoms with Crippen LogP contribution in [0.4, 0.5) is 0 Å². The highest BCUT2D eigenvalue weighted by Crippen LogP contribution is 2.36. The standard InChI is InChI=1S/C17H18O4/c1-12-10-14(16(18)19)15(11-12)17(20)21-9-5-8-13-6-3-2-4-7-13/h2-8,14-15H,1,9-11H2,(H,18,19)/b8-5+/t14-,15+/m1/s1. The minimum atomic E-state index is -0.963. The summed E-state index contributed by atoms with van der Waals surface area (Å²) < 4.78 is 5.15. The van der Waals surface area contributed by atoms with E-state index < -0.39 is 23.8 Å². The molecule has 1 aliphatic carbocycles. The summed E-state index contributed by atoms with van der Waals surface area (Å²) in [5.74, 6) is -2.74. The van der Waals surface area contributed by atoms with Crippen LogP contribution in [0.25, 0.3) is 6.08 Å². The van der Waals surface area contributed by atoms with Gasteiger partial charge in [0, 0.05) is 0 Å². The Hall–Kier alpha value is -2.36. The first-order chi connectivity index (χ1) is 10.1. The van der Waals surface area contributed by atoms with Crippen LogP contribution < -0.4 is 0 Å². The van der Waals surface area contributed by atoms with Crippen LogP contribution in [0, 0.1) is 11.8 Å². The van der Waals surface area contributed by atoms with Gasteiger partial charge in [-0.25, -0.2) is 0 Å². The third-order valence-corrected chi connectivity index (χ3v) is 3.55. The minimum absolute atomic E-state index is 0.142. The Bertz CT molecular complexity index is 559. The van der Waals surface area contributed by atoms with Crippen molar-refractivity contribution in [2.75, 3.05) is 6.61 Å². The summed E-state index contributed by atoms with van der Waals surface area (Å²) in [6.45, 7) is 3.91. The van der Waals surface area contributed by atoms with Gasteiger partial charge in [0.15, 0.2) is 0 Å². The Balaban J connectivity index is 1.86. The van der Waals surface area contributed by atoms with E-state index in [0.717, 1.165) is 11.1 Å². The molecule has 2 rings (SSSR count). The fourth-order valence-corrected chi connectivity index (χ4v) is 2.48. The Morgan fingerprint density at radius 3 is 2.57 bits per heavy atom. The largest absolute Gasteiger partial charge is 0.481 e. The molecule has 0 heterocycles. The second kappa shape index (κ2) is 6.88. The highest BCUT2D eigenvalue weighted by Gasteiger charge is 2.40. The van der Waals surface area contributed by atoms with Crippen LogP contribution in [-0.4, -0.2) is 23.7 Å². The number of rotatable bonds is 5. The molecule has 0 radical (unpaired) electrons. The van der Waals surface area contributed by atoms with Crippen molar-refractivity contribution < 1.29 is 19.4 Å². The average molecular weight is 286 g/mol. The van der Waals surface area contributed by atoms with Crippen molar-refractivity contribution in [3.63, 3.8) is 0 Å². The third-order valence-electron chi connectivity index (χ3n) is 3.55. The van der Waals surface area contributed by atoms with Crippen molar-refractivity contribution in [3.05, 3.63) is 54.1 Å². The normalized spacial score (nSPS) is 21.6. The van der Waals surface area contributed by atoms with Gasteiger partial charge in [0.1, 0.15) is 6.61 Å². The molecule has 21 heavy (non-hydrogen) atoms. The summed E-state index contributed by atoms with van der Waals surface area (Å²) in [4.78, 5) is 23.1. The molecule has 1 aromatic rings. The number of carboxylic acid groups (broad SMARTS) is 1. The number of benzene rings is 1. The first-order valence-electron chi connectivity index (χ1n) is 6.85. The van der Waals surface area contributed by atoms with E-state index >= 15 is 0 Å². The molecule has 0 aromatic heterocycles. The molecule has 0 bridgehead atoms. The Kier molecular flexibility index (Phi) is 4.93. The van der Waals surface area contributed by atoms with Gasteiger partial charge < -0.3 is 9.84 Å². The van der Waals surface area contributed by atoms with Crippen LogP contribution >= 0.6 is 0 Å². The molecule has 0 amide bonds. The van der Waals surface area contributed by atoms with Gasteiger partial charge in [0.25, 0.3) is 0 Å². The second-order valence-electron chi connectivity index (χ2n) is 5.15. The monoisotopic (exact) mass is 286 g/mol. The predicted octanol–water partition coefficient (Wildman–Crippen LogP) is 2.91. The second-order valence-corrected chi connectivity index (χ2v) is 5.15. The van der Waals surface area contributed by atoms with Gasteiger partial charge in [0.2, 0.25) is 0 Å². The lowest BCUT2D eigenvalue weighted by atomic mass is 9.96. The highest BCUT2D eigenvalue weighted by molar-refractivity contribution is 5.82. The predicted molar refractivity (Wildman–Crippen MR) is 79.4 cm³/mol. The number of aliphatic carboxylic acids is 1. The molecule has 4 heteroatoms. The molecular formula is C17H18O4. The van der Waals surface area contributed by atoms with E-state index in [2.05, 4.69) is 6.58 Å². The molecule has 0 saturated heterocycles. The maximum Gasteiger partial charge on any atom is 0.310 e. The Morgan fingerprint density at radius 1 is 1.24 bits per heavy atom. The van der Waals surface area contributed by atoms with Crippen LogP contribution in [0.15, 0.2) is 48.6 Å². The molecule has 1 fully saturated rings. The van der Waals surface area contributed by atoms with Crippen molar-refractivity contribution >= 4 is 18.0 Å². The van der Waals surface area contributed by atoms with Crippen LogP contribution in [0.1, 0.15) is 18.4 Å². The maximum absolute atomic E-state index is 12.0. The molecule has 2 atom stereocenters. The number of carbonyl (C=O) groups is 2. The van der Waals surface area contributed by atoms with Crippen LogP contribution in [0.5, 0.6) is 0 Å². The van der Waals surface area contributed by atoms with E-state index in [0.29, 0.717) is 12.8 Å². The molecule has 1 saturated carbocycles. The Morgan fingerprint density at radius 2 is 1.90 bits per heavy atom. The maximum atomic E-state index is 12.0. The van der Waals surface area contributed by atoms with E-state index in [1.807, 2.05) is 36.4 Å².